The minimum Gasteiger partial charge on any atom is -0.260 e. The molecule has 6 heteroatoms. The summed E-state index contributed by atoms with van der Waals surface area (Å²) in [5.74, 6) is 0. The van der Waals surface area contributed by atoms with Crippen LogP contribution >= 0.6 is 34.8 Å². The standard InChI is InChI=1S/C12H12.CCl3NO2/c1-2-10-7-8-11-5-3-4-6-12(11)9-10;2-1(3,4)5(6)7/h3-9H,2H2,1H3;. The Bertz CT molecular complexity index is 567. The van der Waals surface area contributed by atoms with E-state index in [1.54, 1.807) is 0 Å². The topological polar surface area (TPSA) is 43.1 Å². The summed E-state index contributed by atoms with van der Waals surface area (Å²) in [7, 11) is 0. The molecule has 0 amide bonds. The highest BCUT2D eigenvalue weighted by molar-refractivity contribution is 6.65. The van der Waals surface area contributed by atoms with Crippen molar-refractivity contribution in [3.05, 3.63) is 58.1 Å². The van der Waals surface area contributed by atoms with E-state index in [1.807, 2.05) is 0 Å². The van der Waals surface area contributed by atoms with E-state index in [9.17, 15) is 10.1 Å². The molecule has 0 spiro atoms. The third-order valence-corrected chi connectivity index (χ3v) is 2.84. The van der Waals surface area contributed by atoms with Crippen molar-refractivity contribution in [3.63, 3.8) is 0 Å². The van der Waals surface area contributed by atoms with Gasteiger partial charge in [-0.25, -0.2) is 0 Å². The highest BCUT2D eigenvalue weighted by Gasteiger charge is 2.33. The molecule has 2 aromatic rings. The van der Waals surface area contributed by atoms with Crippen LogP contribution in [0.5, 0.6) is 0 Å². The summed E-state index contributed by atoms with van der Waals surface area (Å²) in [6, 6.07) is 15.1. The first-order valence-electron chi connectivity index (χ1n) is 5.53. The maximum Gasteiger partial charge on any atom is 0.449 e. The molecule has 2 aromatic carbocycles. The molecule has 0 bridgehead atoms. The van der Waals surface area contributed by atoms with E-state index >= 15 is 0 Å². The molecule has 102 valence electrons. The second-order valence-corrected chi connectivity index (χ2v) is 5.98. The van der Waals surface area contributed by atoms with Gasteiger partial charge in [0.1, 0.15) is 0 Å². The molecular formula is C13H12Cl3NO2. The first-order chi connectivity index (χ1) is 8.84. The molecule has 0 aromatic heterocycles. The quantitative estimate of drug-likeness (QED) is 0.321. The van der Waals surface area contributed by atoms with Gasteiger partial charge in [0.2, 0.25) is 0 Å². The fraction of sp³-hybridized carbons (Fsp3) is 0.231. The Labute approximate surface area is 126 Å². The van der Waals surface area contributed by atoms with Gasteiger partial charge in [-0.2, -0.15) is 0 Å². The Hall–Kier alpha value is -1.03. The summed E-state index contributed by atoms with van der Waals surface area (Å²) in [4.78, 5) is 8.41. The van der Waals surface area contributed by atoms with Crippen LogP contribution in [0.15, 0.2) is 42.5 Å². The molecular weight excluding hydrogens is 309 g/mol. The summed E-state index contributed by atoms with van der Waals surface area (Å²) in [6.07, 6.45) is 1.12. The van der Waals surface area contributed by atoms with Crippen molar-refractivity contribution < 1.29 is 4.92 Å². The van der Waals surface area contributed by atoms with E-state index in [1.165, 1.54) is 16.3 Å². The third kappa shape index (κ3) is 5.23. The molecule has 0 atom stereocenters. The predicted molar refractivity (Wildman–Crippen MR) is 80.6 cm³/mol. The van der Waals surface area contributed by atoms with Crippen LogP contribution in [0, 0.1) is 10.1 Å². The zero-order valence-corrected chi connectivity index (χ0v) is 12.4. The molecule has 0 radical (unpaired) electrons. The van der Waals surface area contributed by atoms with Crippen molar-refractivity contribution in [1.29, 1.82) is 0 Å². The smallest absolute Gasteiger partial charge is 0.260 e. The Morgan fingerprint density at radius 1 is 1.11 bits per heavy atom. The van der Waals surface area contributed by atoms with Crippen LogP contribution in [0.1, 0.15) is 12.5 Å². The van der Waals surface area contributed by atoms with Crippen LogP contribution in [0.2, 0.25) is 0 Å². The van der Waals surface area contributed by atoms with Gasteiger partial charge >= 0.3 is 3.92 Å². The summed E-state index contributed by atoms with van der Waals surface area (Å²) < 4.78 is -2.36. The molecule has 0 heterocycles. The zero-order chi connectivity index (χ0) is 14.5. The molecule has 0 unspecified atom stereocenters. The number of nitro groups is 1. The molecule has 19 heavy (non-hydrogen) atoms. The lowest BCUT2D eigenvalue weighted by atomic mass is 10.1. The van der Waals surface area contributed by atoms with Gasteiger partial charge < -0.3 is 0 Å². The highest BCUT2D eigenvalue weighted by atomic mass is 35.6. The van der Waals surface area contributed by atoms with Crippen LogP contribution in [0.25, 0.3) is 10.8 Å². The predicted octanol–water partition coefficient (Wildman–Crippen LogP) is 4.99. The first kappa shape index (κ1) is 16.0. The fourth-order valence-electron chi connectivity index (χ4n) is 1.46. The fourth-order valence-corrected chi connectivity index (χ4v) is 1.46. The van der Waals surface area contributed by atoms with Gasteiger partial charge in [-0.15, -0.1) is 0 Å². The number of hydrogen-bond acceptors (Lipinski definition) is 2. The largest absolute Gasteiger partial charge is 0.449 e. The van der Waals surface area contributed by atoms with E-state index < -0.39 is 8.84 Å². The van der Waals surface area contributed by atoms with Gasteiger partial charge in [0.15, 0.2) is 0 Å². The second-order valence-electron chi connectivity index (χ2n) is 3.76. The number of halogens is 3. The van der Waals surface area contributed by atoms with Crippen molar-refractivity contribution in [2.24, 2.45) is 0 Å². The Morgan fingerprint density at radius 2 is 1.63 bits per heavy atom. The van der Waals surface area contributed by atoms with Crippen molar-refractivity contribution in [3.8, 4) is 0 Å². The Morgan fingerprint density at radius 3 is 2.11 bits per heavy atom. The number of aryl methyl sites for hydroxylation is 1. The van der Waals surface area contributed by atoms with Crippen molar-refractivity contribution in [2.75, 3.05) is 0 Å². The number of hydrogen-bond donors (Lipinski definition) is 0. The average molecular weight is 321 g/mol. The van der Waals surface area contributed by atoms with E-state index in [0.29, 0.717) is 0 Å². The first-order valence-corrected chi connectivity index (χ1v) is 6.67. The third-order valence-electron chi connectivity index (χ3n) is 2.43. The molecule has 0 aliphatic heterocycles. The molecule has 0 aliphatic carbocycles. The summed E-state index contributed by atoms with van der Waals surface area (Å²) >= 11 is 14.1. The molecule has 0 saturated carbocycles. The van der Waals surface area contributed by atoms with Crippen molar-refractivity contribution in [2.45, 2.75) is 17.3 Å². The number of rotatable bonds is 1. The minimum atomic E-state index is -2.36. The average Bonchev–Trinajstić information content (AvgIpc) is 2.37. The minimum absolute atomic E-state index is 1.02. The van der Waals surface area contributed by atoms with Gasteiger partial charge in [0.05, 0.1) is 4.92 Å². The molecule has 0 saturated heterocycles. The van der Waals surface area contributed by atoms with Gasteiger partial charge in [-0.1, -0.05) is 49.4 Å². The maximum atomic E-state index is 9.43. The van der Waals surface area contributed by atoms with Gasteiger partial charge in [0.25, 0.3) is 0 Å². The van der Waals surface area contributed by atoms with Gasteiger partial charge in [0, 0.05) is 0 Å². The molecule has 2 rings (SSSR count). The normalized spacial score (nSPS) is 10.7. The second kappa shape index (κ2) is 6.94. The van der Waals surface area contributed by atoms with Crippen LogP contribution in [0.4, 0.5) is 0 Å². The monoisotopic (exact) mass is 319 g/mol. The van der Waals surface area contributed by atoms with Gasteiger partial charge in [-0.05, 0) is 57.6 Å². The van der Waals surface area contributed by atoms with E-state index in [-0.39, 0.29) is 0 Å². The van der Waals surface area contributed by atoms with E-state index in [4.69, 9.17) is 34.8 Å². The molecule has 3 nitrogen and oxygen atoms in total. The van der Waals surface area contributed by atoms with Crippen molar-refractivity contribution in [1.82, 2.24) is 0 Å². The lowest BCUT2D eigenvalue weighted by Gasteiger charge is -1.99. The van der Waals surface area contributed by atoms with E-state index in [0.717, 1.165) is 6.42 Å². The Kier molecular flexibility index (Phi) is 5.85. The SMILES string of the molecule is CCc1ccc2ccccc2c1.O=[N+]([O-])C(Cl)(Cl)Cl. The molecule has 0 fully saturated rings. The zero-order valence-electron chi connectivity index (χ0n) is 10.1. The highest BCUT2D eigenvalue weighted by Crippen LogP contribution is 2.25. The number of alkyl halides is 3. The molecule has 0 aliphatic rings. The van der Waals surface area contributed by atoms with Crippen LogP contribution in [0.3, 0.4) is 0 Å². The van der Waals surface area contributed by atoms with Crippen molar-refractivity contribution >= 4 is 45.6 Å². The lowest BCUT2D eigenvalue weighted by molar-refractivity contribution is -0.491. The summed E-state index contributed by atoms with van der Waals surface area (Å²) in [5, 5.41) is 12.1. The summed E-state index contributed by atoms with van der Waals surface area (Å²) in [5.41, 5.74) is 1.41. The summed E-state index contributed by atoms with van der Waals surface area (Å²) in [6.45, 7) is 2.18. The lowest BCUT2D eigenvalue weighted by Crippen LogP contribution is -2.15. The number of fused-ring (bicyclic) bond motifs is 1. The van der Waals surface area contributed by atoms with Crippen LogP contribution < -0.4 is 0 Å². The Balaban J connectivity index is 0.000000224. The maximum absolute atomic E-state index is 9.43. The number of nitrogens with zero attached hydrogens (tertiary/aromatic N) is 1. The van der Waals surface area contributed by atoms with E-state index in [2.05, 4.69) is 49.4 Å². The van der Waals surface area contributed by atoms with Crippen LogP contribution in [-0.4, -0.2) is 8.84 Å². The van der Waals surface area contributed by atoms with Crippen LogP contribution in [-0.2, 0) is 6.42 Å². The number of benzene rings is 2. The molecule has 0 N–H and O–H groups in total. The van der Waals surface area contributed by atoms with Gasteiger partial charge in [-0.3, -0.25) is 10.1 Å².